The third kappa shape index (κ3) is 3.82. The number of nitrogens with zero attached hydrogens (tertiary/aromatic N) is 1. The standard InChI is InChI=1S/C15H11BrClN3OS/c16-9-4-5-12-13(6-9)20-15(19-12)22-8-14(21)18-11-3-1-2-10(17)7-11/h1-7H,8H2,(H,18,21)(H,19,20). The smallest absolute Gasteiger partial charge is 0.234 e. The predicted octanol–water partition coefficient (Wildman–Crippen LogP) is 4.71. The van der Waals surface area contributed by atoms with E-state index in [2.05, 4.69) is 31.2 Å². The van der Waals surface area contributed by atoms with Crippen molar-refractivity contribution in [3.63, 3.8) is 0 Å². The minimum atomic E-state index is -0.103. The molecular weight excluding hydrogens is 386 g/mol. The molecular formula is C15H11BrClN3OS. The number of thioether (sulfide) groups is 1. The maximum Gasteiger partial charge on any atom is 0.234 e. The second kappa shape index (κ2) is 6.73. The van der Waals surface area contributed by atoms with Crippen LogP contribution in [0.2, 0.25) is 5.02 Å². The van der Waals surface area contributed by atoms with Gasteiger partial charge < -0.3 is 10.3 Å². The topological polar surface area (TPSA) is 57.8 Å². The number of halogens is 2. The largest absolute Gasteiger partial charge is 0.333 e. The van der Waals surface area contributed by atoms with Crippen LogP contribution in [0.4, 0.5) is 5.69 Å². The summed E-state index contributed by atoms with van der Waals surface area (Å²) >= 11 is 10.7. The third-order valence-corrected chi connectivity index (χ3v) is 4.47. The number of H-pyrrole nitrogens is 1. The zero-order valence-corrected chi connectivity index (χ0v) is 14.4. The van der Waals surface area contributed by atoms with Crippen LogP contribution in [0.5, 0.6) is 0 Å². The fourth-order valence-electron chi connectivity index (χ4n) is 1.92. The first-order valence-corrected chi connectivity index (χ1v) is 8.59. The zero-order chi connectivity index (χ0) is 15.5. The molecule has 0 bridgehead atoms. The highest BCUT2D eigenvalue weighted by molar-refractivity contribution is 9.10. The van der Waals surface area contributed by atoms with Crippen molar-refractivity contribution in [3.8, 4) is 0 Å². The second-order valence-corrected chi connectivity index (χ2v) is 6.87. The van der Waals surface area contributed by atoms with Gasteiger partial charge in [-0.15, -0.1) is 0 Å². The van der Waals surface area contributed by atoms with Crippen LogP contribution in [0, 0.1) is 0 Å². The maximum absolute atomic E-state index is 11.9. The Kier molecular flexibility index (Phi) is 4.71. The Labute approximate surface area is 144 Å². The Bertz CT molecular complexity index is 837. The minimum absolute atomic E-state index is 0.103. The van der Waals surface area contributed by atoms with Gasteiger partial charge in [-0.05, 0) is 36.4 Å². The van der Waals surface area contributed by atoms with E-state index in [0.717, 1.165) is 15.5 Å². The first-order valence-electron chi connectivity index (χ1n) is 6.44. The highest BCUT2D eigenvalue weighted by Crippen LogP contribution is 2.22. The van der Waals surface area contributed by atoms with E-state index in [1.165, 1.54) is 11.8 Å². The number of benzene rings is 2. The minimum Gasteiger partial charge on any atom is -0.333 e. The molecule has 0 radical (unpaired) electrons. The number of aromatic nitrogens is 2. The molecule has 0 aliphatic heterocycles. The van der Waals surface area contributed by atoms with E-state index < -0.39 is 0 Å². The van der Waals surface area contributed by atoms with Gasteiger partial charge in [-0.2, -0.15) is 0 Å². The fourth-order valence-corrected chi connectivity index (χ4v) is 3.16. The zero-order valence-electron chi connectivity index (χ0n) is 11.3. The molecule has 0 spiro atoms. The van der Waals surface area contributed by atoms with Crippen molar-refractivity contribution in [2.45, 2.75) is 5.16 Å². The van der Waals surface area contributed by atoms with Gasteiger partial charge in [0.2, 0.25) is 5.91 Å². The number of aromatic amines is 1. The molecule has 7 heteroatoms. The number of hydrogen-bond donors (Lipinski definition) is 2. The van der Waals surface area contributed by atoms with Crippen LogP contribution >= 0.6 is 39.3 Å². The van der Waals surface area contributed by atoms with E-state index >= 15 is 0 Å². The van der Waals surface area contributed by atoms with E-state index in [-0.39, 0.29) is 11.7 Å². The Morgan fingerprint density at radius 2 is 2.18 bits per heavy atom. The van der Waals surface area contributed by atoms with Crippen molar-refractivity contribution in [3.05, 3.63) is 52.0 Å². The molecule has 0 atom stereocenters. The highest BCUT2D eigenvalue weighted by atomic mass is 79.9. The molecule has 112 valence electrons. The number of imidazole rings is 1. The molecule has 3 rings (SSSR count). The molecule has 1 heterocycles. The van der Waals surface area contributed by atoms with Crippen molar-refractivity contribution in [1.29, 1.82) is 0 Å². The molecule has 1 amide bonds. The summed E-state index contributed by atoms with van der Waals surface area (Å²) < 4.78 is 0.985. The molecule has 1 aromatic heterocycles. The van der Waals surface area contributed by atoms with Gasteiger partial charge in [0.15, 0.2) is 5.16 Å². The fraction of sp³-hybridized carbons (Fsp3) is 0.0667. The van der Waals surface area contributed by atoms with E-state index in [9.17, 15) is 4.79 Å². The molecule has 2 aromatic carbocycles. The monoisotopic (exact) mass is 395 g/mol. The summed E-state index contributed by atoms with van der Waals surface area (Å²) in [6.45, 7) is 0. The van der Waals surface area contributed by atoms with Gasteiger partial charge in [-0.25, -0.2) is 4.98 Å². The Hall–Kier alpha value is -1.50. The number of carbonyl (C=O) groups excluding carboxylic acids is 1. The second-order valence-electron chi connectivity index (χ2n) is 4.55. The molecule has 22 heavy (non-hydrogen) atoms. The van der Waals surface area contributed by atoms with Crippen LogP contribution in [0.15, 0.2) is 52.1 Å². The quantitative estimate of drug-likeness (QED) is 0.628. The number of rotatable bonds is 4. The summed E-state index contributed by atoms with van der Waals surface area (Å²) in [6, 6.07) is 12.9. The normalized spacial score (nSPS) is 10.8. The van der Waals surface area contributed by atoms with Gasteiger partial charge >= 0.3 is 0 Å². The number of hydrogen-bond acceptors (Lipinski definition) is 3. The summed E-state index contributed by atoms with van der Waals surface area (Å²) in [5.74, 6) is 0.168. The van der Waals surface area contributed by atoms with E-state index in [4.69, 9.17) is 11.6 Å². The maximum atomic E-state index is 11.9. The van der Waals surface area contributed by atoms with Crippen molar-refractivity contribution in [2.24, 2.45) is 0 Å². The average molecular weight is 397 g/mol. The molecule has 0 saturated carbocycles. The SMILES string of the molecule is O=C(CSc1nc2ccc(Br)cc2[nH]1)Nc1cccc(Cl)c1. The Morgan fingerprint density at radius 1 is 1.32 bits per heavy atom. The molecule has 0 aliphatic carbocycles. The van der Waals surface area contributed by atoms with E-state index in [1.54, 1.807) is 24.3 Å². The van der Waals surface area contributed by atoms with Gasteiger partial charge in [0.1, 0.15) is 0 Å². The van der Waals surface area contributed by atoms with Gasteiger partial charge in [-0.1, -0.05) is 45.4 Å². The first-order chi connectivity index (χ1) is 10.6. The van der Waals surface area contributed by atoms with Gasteiger partial charge in [0, 0.05) is 15.2 Å². The lowest BCUT2D eigenvalue weighted by Crippen LogP contribution is -2.13. The lowest BCUT2D eigenvalue weighted by atomic mass is 10.3. The number of carbonyl (C=O) groups is 1. The van der Waals surface area contributed by atoms with Crippen molar-refractivity contribution in [1.82, 2.24) is 9.97 Å². The number of nitrogens with one attached hydrogen (secondary N) is 2. The Morgan fingerprint density at radius 3 is 3.00 bits per heavy atom. The number of amides is 1. The van der Waals surface area contributed by atoms with Crippen LogP contribution in [0.1, 0.15) is 0 Å². The third-order valence-electron chi connectivity index (χ3n) is 2.87. The molecule has 0 unspecified atom stereocenters. The lowest BCUT2D eigenvalue weighted by Gasteiger charge is -2.04. The lowest BCUT2D eigenvalue weighted by molar-refractivity contribution is -0.113. The average Bonchev–Trinajstić information content (AvgIpc) is 2.87. The van der Waals surface area contributed by atoms with Crippen LogP contribution in [-0.2, 0) is 4.79 Å². The van der Waals surface area contributed by atoms with E-state index in [1.807, 2.05) is 18.2 Å². The van der Waals surface area contributed by atoms with Gasteiger partial charge in [-0.3, -0.25) is 4.79 Å². The van der Waals surface area contributed by atoms with E-state index in [0.29, 0.717) is 15.9 Å². The summed E-state index contributed by atoms with van der Waals surface area (Å²) in [5.41, 5.74) is 2.50. The number of fused-ring (bicyclic) bond motifs is 1. The molecule has 4 nitrogen and oxygen atoms in total. The van der Waals surface area contributed by atoms with Crippen LogP contribution < -0.4 is 5.32 Å². The summed E-state index contributed by atoms with van der Waals surface area (Å²) in [4.78, 5) is 19.6. The van der Waals surface area contributed by atoms with Crippen LogP contribution in [-0.4, -0.2) is 21.6 Å². The van der Waals surface area contributed by atoms with Crippen LogP contribution in [0.3, 0.4) is 0 Å². The highest BCUT2D eigenvalue weighted by Gasteiger charge is 2.08. The van der Waals surface area contributed by atoms with Crippen molar-refractivity contribution >= 4 is 61.9 Å². The molecule has 0 saturated heterocycles. The number of anilines is 1. The molecule has 2 N–H and O–H groups in total. The molecule has 0 aliphatic rings. The summed E-state index contributed by atoms with van der Waals surface area (Å²) in [7, 11) is 0. The predicted molar refractivity (Wildman–Crippen MR) is 94.6 cm³/mol. The Balaban J connectivity index is 1.62. The summed E-state index contributed by atoms with van der Waals surface area (Å²) in [5, 5.41) is 4.11. The summed E-state index contributed by atoms with van der Waals surface area (Å²) in [6.07, 6.45) is 0. The van der Waals surface area contributed by atoms with Gasteiger partial charge in [0.05, 0.1) is 16.8 Å². The molecule has 0 fully saturated rings. The first kappa shape index (κ1) is 15.4. The van der Waals surface area contributed by atoms with Gasteiger partial charge in [0.25, 0.3) is 0 Å². The van der Waals surface area contributed by atoms with Crippen molar-refractivity contribution < 1.29 is 4.79 Å². The molecule has 3 aromatic rings. The van der Waals surface area contributed by atoms with Crippen LogP contribution in [0.25, 0.3) is 11.0 Å². The van der Waals surface area contributed by atoms with Crippen molar-refractivity contribution in [2.75, 3.05) is 11.1 Å².